The number of aryl methyl sites for hydroxylation is 1. The normalized spacial score (nSPS) is 11.1. The van der Waals surface area contributed by atoms with E-state index < -0.39 is 0 Å². The lowest BCUT2D eigenvalue weighted by molar-refractivity contribution is 0.134. The van der Waals surface area contributed by atoms with Gasteiger partial charge in [0.25, 0.3) is 0 Å². The zero-order valence-corrected chi connectivity index (χ0v) is 16.1. The maximum Gasteiger partial charge on any atom is 0.199 e. The Kier molecular flexibility index (Phi) is 5.35. The molecule has 2 aromatic heterocycles. The maximum absolute atomic E-state index is 6.02. The molecule has 0 atom stereocenters. The average Bonchev–Trinajstić information content (AvgIpc) is 3.41. The number of benzene rings is 2. The largest absolute Gasteiger partial charge is 0.440 e. The molecule has 1 N–H and O–H groups in total. The van der Waals surface area contributed by atoms with Crippen LogP contribution in [0.5, 0.6) is 0 Å². The summed E-state index contributed by atoms with van der Waals surface area (Å²) >= 11 is 0. The van der Waals surface area contributed by atoms with Crippen LogP contribution in [0.1, 0.15) is 29.5 Å². The highest BCUT2D eigenvalue weighted by Gasteiger charge is 2.10. The van der Waals surface area contributed by atoms with Gasteiger partial charge in [0.15, 0.2) is 11.7 Å². The predicted octanol–water partition coefficient (Wildman–Crippen LogP) is 5.17. The summed E-state index contributed by atoms with van der Waals surface area (Å²) in [7, 11) is 0. The first-order valence-corrected chi connectivity index (χ1v) is 9.43. The second-order valence-electron chi connectivity index (χ2n) is 6.76. The van der Waals surface area contributed by atoms with Crippen molar-refractivity contribution >= 4 is 0 Å². The van der Waals surface area contributed by atoms with Crippen molar-refractivity contribution in [3.63, 3.8) is 0 Å². The second kappa shape index (κ2) is 8.23. The van der Waals surface area contributed by atoms with E-state index in [2.05, 4.69) is 52.4 Å². The number of oxazole rings is 1. The summed E-state index contributed by atoms with van der Waals surface area (Å²) in [6, 6.07) is 14.6. The van der Waals surface area contributed by atoms with Crippen LogP contribution >= 0.6 is 0 Å². The lowest BCUT2D eigenvalue weighted by Gasteiger charge is -2.07. The van der Waals surface area contributed by atoms with Crippen LogP contribution in [0.3, 0.4) is 0 Å². The summed E-state index contributed by atoms with van der Waals surface area (Å²) in [5.74, 6) is 1.49. The number of H-pyrrole nitrogens is 1. The Morgan fingerprint density at radius 3 is 2.57 bits per heavy atom. The van der Waals surface area contributed by atoms with E-state index in [4.69, 9.17) is 9.15 Å². The number of hydrogen-bond donors (Lipinski definition) is 1. The van der Waals surface area contributed by atoms with Gasteiger partial charge in [0.2, 0.25) is 0 Å². The smallest absolute Gasteiger partial charge is 0.199 e. The van der Waals surface area contributed by atoms with Crippen molar-refractivity contribution in [1.82, 2.24) is 15.2 Å². The molecule has 0 radical (unpaired) electrons. The van der Waals surface area contributed by atoms with E-state index in [1.165, 1.54) is 16.7 Å². The molecule has 4 rings (SSSR count). The topological polar surface area (TPSA) is 63.9 Å². The van der Waals surface area contributed by atoms with Crippen LogP contribution in [0, 0.1) is 6.92 Å². The third-order valence-corrected chi connectivity index (χ3v) is 4.78. The molecule has 0 unspecified atom stereocenters. The van der Waals surface area contributed by atoms with Crippen molar-refractivity contribution in [3.05, 3.63) is 83.6 Å². The zero-order chi connectivity index (χ0) is 19.3. The fourth-order valence-electron chi connectivity index (χ4n) is 3.15. The molecule has 28 heavy (non-hydrogen) atoms. The van der Waals surface area contributed by atoms with Crippen LogP contribution in [0.25, 0.3) is 22.5 Å². The second-order valence-corrected chi connectivity index (χ2v) is 6.76. The van der Waals surface area contributed by atoms with Crippen molar-refractivity contribution in [2.75, 3.05) is 6.61 Å². The standard InChI is InChI=1S/C23H23N3O2/c1-3-27-15-17-5-4-16(2)20(10-17)11-23-24-14-22(28-23)19-8-6-18(7-9-19)21-12-25-26-13-21/h4-10,12-14H,3,11,15H2,1-2H3,(H,25,26). The summed E-state index contributed by atoms with van der Waals surface area (Å²) in [4.78, 5) is 4.48. The van der Waals surface area contributed by atoms with Crippen LogP contribution < -0.4 is 0 Å². The molecule has 142 valence electrons. The fraction of sp³-hybridized carbons (Fsp3) is 0.217. The van der Waals surface area contributed by atoms with Gasteiger partial charge in [0.1, 0.15) is 0 Å². The molecule has 0 amide bonds. The first kappa shape index (κ1) is 18.2. The van der Waals surface area contributed by atoms with E-state index >= 15 is 0 Å². The number of hydrogen-bond acceptors (Lipinski definition) is 4. The van der Waals surface area contributed by atoms with Crippen molar-refractivity contribution in [2.45, 2.75) is 26.9 Å². The highest BCUT2D eigenvalue weighted by molar-refractivity contribution is 5.67. The van der Waals surface area contributed by atoms with Crippen LogP contribution in [-0.4, -0.2) is 21.8 Å². The number of aromatic amines is 1. The van der Waals surface area contributed by atoms with Crippen LogP contribution in [0.2, 0.25) is 0 Å². The Bertz CT molecular complexity index is 1030. The molecule has 2 aromatic carbocycles. The summed E-state index contributed by atoms with van der Waals surface area (Å²) in [6.07, 6.45) is 6.15. The number of nitrogens with zero attached hydrogens (tertiary/aromatic N) is 2. The molecule has 0 saturated heterocycles. The number of ether oxygens (including phenoxy) is 1. The third-order valence-electron chi connectivity index (χ3n) is 4.78. The van der Waals surface area contributed by atoms with Gasteiger partial charge >= 0.3 is 0 Å². The van der Waals surface area contributed by atoms with Crippen molar-refractivity contribution in [1.29, 1.82) is 0 Å². The summed E-state index contributed by atoms with van der Waals surface area (Å²) in [5.41, 5.74) is 6.79. The Hall–Kier alpha value is -3.18. The van der Waals surface area contributed by atoms with Crippen molar-refractivity contribution < 1.29 is 9.15 Å². The zero-order valence-electron chi connectivity index (χ0n) is 16.1. The first-order chi connectivity index (χ1) is 13.7. The molecule has 2 heterocycles. The molecular weight excluding hydrogens is 350 g/mol. The lowest BCUT2D eigenvalue weighted by atomic mass is 10.0. The van der Waals surface area contributed by atoms with E-state index in [1.807, 2.05) is 31.5 Å². The van der Waals surface area contributed by atoms with Crippen LogP contribution in [0.4, 0.5) is 0 Å². The SMILES string of the molecule is CCOCc1ccc(C)c(Cc2ncc(-c3ccc(-c4cn[nH]c4)cc3)o2)c1. The van der Waals surface area contributed by atoms with Gasteiger partial charge in [0.05, 0.1) is 19.0 Å². The molecule has 5 heteroatoms. The minimum absolute atomic E-state index is 0.629. The molecule has 0 aliphatic carbocycles. The van der Waals surface area contributed by atoms with Gasteiger partial charge in [-0.3, -0.25) is 5.10 Å². The minimum atomic E-state index is 0.629. The van der Waals surface area contributed by atoms with Gasteiger partial charge in [-0.2, -0.15) is 5.10 Å². The van der Waals surface area contributed by atoms with Gasteiger partial charge in [-0.15, -0.1) is 0 Å². The summed E-state index contributed by atoms with van der Waals surface area (Å²) in [6.45, 7) is 5.46. The number of nitrogens with one attached hydrogen (secondary N) is 1. The molecule has 0 bridgehead atoms. The molecule has 0 spiro atoms. The van der Waals surface area contributed by atoms with E-state index in [9.17, 15) is 0 Å². The Labute approximate surface area is 164 Å². The Morgan fingerprint density at radius 2 is 1.82 bits per heavy atom. The van der Waals surface area contributed by atoms with Gasteiger partial charge < -0.3 is 9.15 Å². The quantitative estimate of drug-likeness (QED) is 0.485. The molecule has 0 aliphatic heterocycles. The van der Waals surface area contributed by atoms with Gasteiger partial charge in [-0.25, -0.2) is 4.98 Å². The van der Waals surface area contributed by atoms with E-state index in [1.54, 1.807) is 6.20 Å². The highest BCUT2D eigenvalue weighted by Crippen LogP contribution is 2.26. The van der Waals surface area contributed by atoms with E-state index in [0.29, 0.717) is 25.5 Å². The molecular formula is C23H23N3O2. The van der Waals surface area contributed by atoms with Crippen LogP contribution in [0.15, 0.2) is 65.5 Å². The third kappa shape index (κ3) is 4.05. The van der Waals surface area contributed by atoms with Gasteiger partial charge in [-0.05, 0) is 36.1 Å². The Morgan fingerprint density at radius 1 is 1.00 bits per heavy atom. The molecule has 4 aromatic rings. The lowest BCUT2D eigenvalue weighted by Crippen LogP contribution is -1.97. The summed E-state index contributed by atoms with van der Waals surface area (Å²) in [5, 5.41) is 6.82. The Balaban J connectivity index is 1.50. The molecule has 5 nitrogen and oxygen atoms in total. The summed E-state index contributed by atoms with van der Waals surface area (Å²) < 4.78 is 11.5. The first-order valence-electron chi connectivity index (χ1n) is 9.43. The average molecular weight is 373 g/mol. The fourth-order valence-corrected chi connectivity index (χ4v) is 3.15. The molecule has 0 saturated carbocycles. The van der Waals surface area contributed by atoms with Gasteiger partial charge in [0, 0.05) is 30.4 Å². The number of rotatable bonds is 7. The van der Waals surface area contributed by atoms with Crippen LogP contribution in [-0.2, 0) is 17.8 Å². The van der Waals surface area contributed by atoms with Crippen molar-refractivity contribution in [2.24, 2.45) is 0 Å². The van der Waals surface area contributed by atoms with E-state index in [-0.39, 0.29) is 0 Å². The number of aromatic nitrogens is 3. The van der Waals surface area contributed by atoms with Gasteiger partial charge in [-0.1, -0.05) is 42.5 Å². The molecule has 0 aliphatic rings. The van der Waals surface area contributed by atoms with Crippen molar-refractivity contribution in [3.8, 4) is 22.5 Å². The minimum Gasteiger partial charge on any atom is -0.440 e. The highest BCUT2D eigenvalue weighted by atomic mass is 16.5. The predicted molar refractivity (Wildman–Crippen MR) is 109 cm³/mol. The van der Waals surface area contributed by atoms with E-state index in [0.717, 1.165) is 22.5 Å². The monoisotopic (exact) mass is 373 g/mol. The maximum atomic E-state index is 6.02. The molecule has 0 fully saturated rings.